The van der Waals surface area contributed by atoms with E-state index in [1.165, 1.54) is 0 Å². The van der Waals surface area contributed by atoms with Crippen molar-refractivity contribution in [2.24, 2.45) is 0 Å². The third kappa shape index (κ3) is 2.61. The van der Waals surface area contributed by atoms with E-state index in [0.717, 1.165) is 4.90 Å². The normalized spacial score (nSPS) is 18.9. The van der Waals surface area contributed by atoms with Crippen LogP contribution in [0.5, 0.6) is 0 Å². The Bertz CT molecular complexity index is 539. The SMILES string of the molecule is O=C(O)[C@H]1CCCCN1C(=O)c1c(F)cc(F)cc1F. The first-order chi connectivity index (χ1) is 9.41. The van der Waals surface area contributed by atoms with Gasteiger partial charge >= 0.3 is 5.97 Å². The average Bonchev–Trinajstić information content (AvgIpc) is 2.37. The highest BCUT2D eigenvalue weighted by Crippen LogP contribution is 2.23. The molecule has 0 aliphatic carbocycles. The lowest BCUT2D eigenvalue weighted by atomic mass is 10.0. The van der Waals surface area contributed by atoms with Crippen LogP contribution in [0, 0.1) is 17.5 Å². The minimum atomic E-state index is -1.33. The number of hydrogen-bond donors (Lipinski definition) is 1. The van der Waals surface area contributed by atoms with Gasteiger partial charge in [0.25, 0.3) is 5.91 Å². The Balaban J connectivity index is 2.37. The number of carbonyl (C=O) groups is 2. The van der Waals surface area contributed by atoms with E-state index < -0.39 is 40.9 Å². The Kier molecular flexibility index (Phi) is 3.96. The summed E-state index contributed by atoms with van der Waals surface area (Å²) in [7, 11) is 0. The maximum absolute atomic E-state index is 13.6. The maximum Gasteiger partial charge on any atom is 0.326 e. The molecule has 108 valence electrons. The quantitative estimate of drug-likeness (QED) is 0.907. The summed E-state index contributed by atoms with van der Waals surface area (Å²) in [4.78, 5) is 24.1. The van der Waals surface area contributed by atoms with E-state index in [0.29, 0.717) is 25.0 Å². The molecule has 1 heterocycles. The first-order valence-corrected chi connectivity index (χ1v) is 6.10. The number of piperidine rings is 1. The molecule has 4 nitrogen and oxygen atoms in total. The van der Waals surface area contributed by atoms with Gasteiger partial charge in [-0.15, -0.1) is 0 Å². The summed E-state index contributed by atoms with van der Waals surface area (Å²) in [5.41, 5.74) is -0.917. The van der Waals surface area contributed by atoms with Crippen LogP contribution in [0.2, 0.25) is 0 Å². The summed E-state index contributed by atoms with van der Waals surface area (Å²) >= 11 is 0. The molecule has 1 N–H and O–H groups in total. The molecule has 7 heteroatoms. The number of hydrogen-bond acceptors (Lipinski definition) is 2. The Morgan fingerprint density at radius 3 is 2.30 bits per heavy atom. The Morgan fingerprint density at radius 2 is 1.75 bits per heavy atom. The molecule has 0 aromatic heterocycles. The number of carboxylic acids is 1. The van der Waals surface area contributed by atoms with Crippen molar-refractivity contribution < 1.29 is 27.9 Å². The molecule has 1 aromatic carbocycles. The second-order valence-corrected chi connectivity index (χ2v) is 4.59. The van der Waals surface area contributed by atoms with Gasteiger partial charge in [-0.2, -0.15) is 0 Å². The predicted molar refractivity (Wildman–Crippen MR) is 62.6 cm³/mol. The van der Waals surface area contributed by atoms with E-state index in [2.05, 4.69) is 0 Å². The zero-order valence-electron chi connectivity index (χ0n) is 10.4. The fraction of sp³-hybridized carbons (Fsp3) is 0.385. The molecule has 1 saturated heterocycles. The number of amides is 1. The number of carbonyl (C=O) groups excluding carboxylic acids is 1. The van der Waals surface area contributed by atoms with E-state index >= 15 is 0 Å². The predicted octanol–water partition coefficient (Wildman–Crippen LogP) is 2.18. The van der Waals surface area contributed by atoms with Crippen LogP contribution in [0.15, 0.2) is 12.1 Å². The highest BCUT2D eigenvalue weighted by molar-refractivity contribution is 5.97. The van der Waals surface area contributed by atoms with Gasteiger partial charge in [-0.25, -0.2) is 18.0 Å². The van der Waals surface area contributed by atoms with Crippen LogP contribution in [0.25, 0.3) is 0 Å². The van der Waals surface area contributed by atoms with Crippen LogP contribution in [0.1, 0.15) is 29.6 Å². The average molecular weight is 287 g/mol. The first kappa shape index (κ1) is 14.4. The molecular formula is C13H12F3NO3. The molecule has 0 bridgehead atoms. The van der Waals surface area contributed by atoms with Crippen molar-refractivity contribution in [2.45, 2.75) is 25.3 Å². The summed E-state index contributed by atoms with van der Waals surface area (Å²) in [6, 6.07) is -0.313. The van der Waals surface area contributed by atoms with E-state index in [1.54, 1.807) is 0 Å². The molecular weight excluding hydrogens is 275 g/mol. The molecule has 1 aliphatic heterocycles. The zero-order chi connectivity index (χ0) is 14.9. The number of nitrogens with zero attached hydrogens (tertiary/aromatic N) is 1. The van der Waals surface area contributed by atoms with Gasteiger partial charge in [0.1, 0.15) is 29.1 Å². The van der Waals surface area contributed by atoms with Crippen molar-refractivity contribution in [1.82, 2.24) is 4.90 Å². The van der Waals surface area contributed by atoms with Gasteiger partial charge in [-0.05, 0) is 19.3 Å². The standard InChI is InChI=1S/C13H12F3NO3/c14-7-5-8(15)11(9(16)6-7)12(18)17-4-2-1-3-10(17)13(19)20/h5-6,10H,1-4H2,(H,19,20)/t10-/m1/s1. The molecule has 1 fully saturated rings. The third-order valence-corrected chi connectivity index (χ3v) is 3.27. The van der Waals surface area contributed by atoms with Crippen molar-refractivity contribution >= 4 is 11.9 Å². The highest BCUT2D eigenvalue weighted by Gasteiger charge is 2.34. The van der Waals surface area contributed by atoms with E-state index in [1.807, 2.05) is 0 Å². The van der Waals surface area contributed by atoms with Crippen molar-refractivity contribution in [2.75, 3.05) is 6.54 Å². The van der Waals surface area contributed by atoms with Crippen LogP contribution in [0.4, 0.5) is 13.2 Å². The lowest BCUT2D eigenvalue weighted by molar-refractivity contribution is -0.143. The lowest BCUT2D eigenvalue weighted by Crippen LogP contribution is -2.48. The van der Waals surface area contributed by atoms with Crippen LogP contribution in [-0.2, 0) is 4.79 Å². The van der Waals surface area contributed by atoms with Crippen LogP contribution >= 0.6 is 0 Å². The first-order valence-electron chi connectivity index (χ1n) is 6.10. The van der Waals surface area contributed by atoms with Gasteiger partial charge in [0.15, 0.2) is 0 Å². The molecule has 20 heavy (non-hydrogen) atoms. The monoisotopic (exact) mass is 287 g/mol. The van der Waals surface area contributed by atoms with Gasteiger partial charge in [0, 0.05) is 18.7 Å². The molecule has 2 rings (SSSR count). The molecule has 0 unspecified atom stereocenters. The van der Waals surface area contributed by atoms with Crippen molar-refractivity contribution in [3.63, 3.8) is 0 Å². The number of carboxylic acid groups (broad SMARTS) is 1. The Morgan fingerprint density at radius 1 is 1.15 bits per heavy atom. The van der Waals surface area contributed by atoms with Gasteiger partial charge in [0.2, 0.25) is 0 Å². The summed E-state index contributed by atoms with van der Waals surface area (Å²) in [5.74, 6) is -6.08. The van der Waals surface area contributed by atoms with Gasteiger partial charge in [-0.1, -0.05) is 0 Å². The summed E-state index contributed by atoms with van der Waals surface area (Å²) in [6.07, 6.45) is 1.40. The minimum absolute atomic E-state index is 0.103. The summed E-state index contributed by atoms with van der Waals surface area (Å²) in [6.45, 7) is 0.103. The topological polar surface area (TPSA) is 57.6 Å². The highest BCUT2D eigenvalue weighted by atomic mass is 19.1. The number of likely N-dealkylation sites (tertiary alicyclic amines) is 1. The Labute approximate surface area is 112 Å². The molecule has 1 aliphatic rings. The van der Waals surface area contributed by atoms with Gasteiger partial charge in [-0.3, -0.25) is 4.79 Å². The third-order valence-electron chi connectivity index (χ3n) is 3.27. The molecule has 0 saturated carbocycles. The molecule has 1 atom stereocenters. The van der Waals surface area contributed by atoms with E-state index in [-0.39, 0.29) is 13.0 Å². The van der Waals surface area contributed by atoms with Crippen LogP contribution < -0.4 is 0 Å². The van der Waals surface area contributed by atoms with Crippen LogP contribution in [-0.4, -0.2) is 34.5 Å². The number of rotatable bonds is 2. The van der Waals surface area contributed by atoms with Gasteiger partial charge in [0.05, 0.1) is 0 Å². The summed E-state index contributed by atoms with van der Waals surface area (Å²) in [5, 5.41) is 9.05. The van der Waals surface area contributed by atoms with Crippen molar-refractivity contribution in [3.05, 3.63) is 35.1 Å². The van der Waals surface area contributed by atoms with E-state index in [4.69, 9.17) is 5.11 Å². The fourth-order valence-electron chi connectivity index (χ4n) is 2.32. The maximum atomic E-state index is 13.6. The minimum Gasteiger partial charge on any atom is -0.480 e. The molecule has 0 spiro atoms. The number of halogens is 3. The molecule has 1 amide bonds. The number of aliphatic carboxylic acids is 1. The largest absolute Gasteiger partial charge is 0.480 e. The second kappa shape index (κ2) is 5.52. The fourth-order valence-corrected chi connectivity index (χ4v) is 2.32. The summed E-state index contributed by atoms with van der Waals surface area (Å²) < 4.78 is 40.0. The van der Waals surface area contributed by atoms with Gasteiger partial charge < -0.3 is 10.0 Å². The number of benzene rings is 1. The van der Waals surface area contributed by atoms with Crippen molar-refractivity contribution in [3.8, 4) is 0 Å². The lowest BCUT2D eigenvalue weighted by Gasteiger charge is -2.33. The molecule has 0 radical (unpaired) electrons. The van der Waals surface area contributed by atoms with Crippen molar-refractivity contribution in [1.29, 1.82) is 0 Å². The van der Waals surface area contributed by atoms with Crippen LogP contribution in [0.3, 0.4) is 0 Å². The molecule has 1 aromatic rings. The Hall–Kier alpha value is -2.05. The van der Waals surface area contributed by atoms with E-state index in [9.17, 15) is 22.8 Å². The smallest absolute Gasteiger partial charge is 0.326 e. The zero-order valence-corrected chi connectivity index (χ0v) is 10.4. The second-order valence-electron chi connectivity index (χ2n) is 4.59.